The molecule has 56 heavy (non-hydrogen) atoms. The summed E-state index contributed by atoms with van der Waals surface area (Å²) in [5.74, 6) is 0. The van der Waals surface area contributed by atoms with Crippen LogP contribution in [0.15, 0.2) is 194 Å². The summed E-state index contributed by atoms with van der Waals surface area (Å²) in [5.41, 5.74) is 9.42. The summed E-state index contributed by atoms with van der Waals surface area (Å²) in [7, 11) is 0. The Morgan fingerprint density at radius 3 is 0.911 bits per heavy atom. The zero-order valence-corrected chi connectivity index (χ0v) is 31.4. The number of aryl methyl sites for hydroxylation is 2. The second-order valence-electron chi connectivity index (χ2n) is 15.0. The van der Waals surface area contributed by atoms with E-state index in [2.05, 4.69) is 218 Å². The van der Waals surface area contributed by atoms with Crippen LogP contribution in [0.2, 0.25) is 0 Å². The molecule has 11 aromatic carbocycles. The van der Waals surface area contributed by atoms with Crippen molar-refractivity contribution in [2.45, 2.75) is 13.8 Å². The normalized spacial score (nSPS) is 11.8. The third-order valence-corrected chi connectivity index (χ3v) is 11.6. The van der Waals surface area contributed by atoms with E-state index in [0.29, 0.717) is 0 Å². The molecule has 0 saturated heterocycles. The molecular formula is C54H38N2. The van der Waals surface area contributed by atoms with E-state index >= 15 is 0 Å². The Kier molecular flexibility index (Phi) is 7.33. The molecule has 0 amide bonds. The minimum Gasteiger partial charge on any atom is -0.309 e. The molecule has 0 atom stereocenters. The maximum absolute atomic E-state index is 2.46. The molecule has 0 fully saturated rings. The molecule has 0 bridgehead atoms. The number of fused-ring (bicyclic) bond motifs is 6. The van der Waals surface area contributed by atoms with E-state index in [1.165, 1.54) is 87.1 Å². The fraction of sp³-hybridized carbons (Fsp3) is 0.0370. The Bertz CT molecular complexity index is 3020. The predicted octanol–water partition coefficient (Wildman–Crippen LogP) is 15.6. The quantitative estimate of drug-likeness (QED) is 0.125. The third-order valence-electron chi connectivity index (χ3n) is 11.6. The second-order valence-corrected chi connectivity index (χ2v) is 15.0. The van der Waals surface area contributed by atoms with E-state index in [-0.39, 0.29) is 0 Å². The van der Waals surface area contributed by atoms with E-state index in [1.54, 1.807) is 0 Å². The Hall–Kier alpha value is -7.16. The SMILES string of the molecule is Cc1ccc(N(c2ccccc2)c2c3ccccc3c3c4cccc5c(N(c6ccccc6)c6ccc(C)cc6)c6ccccc6c(c6cccc2c63)c54)cc1. The number of benzene rings is 11. The van der Waals surface area contributed by atoms with Gasteiger partial charge in [0.15, 0.2) is 0 Å². The van der Waals surface area contributed by atoms with Gasteiger partial charge < -0.3 is 9.80 Å². The van der Waals surface area contributed by atoms with Gasteiger partial charge in [-0.2, -0.15) is 0 Å². The minimum atomic E-state index is 1.13. The molecular weight excluding hydrogens is 677 g/mol. The van der Waals surface area contributed by atoms with Crippen LogP contribution in [0.1, 0.15) is 11.1 Å². The van der Waals surface area contributed by atoms with Gasteiger partial charge in [0.1, 0.15) is 0 Å². The highest BCUT2D eigenvalue weighted by atomic mass is 15.2. The molecule has 0 heterocycles. The summed E-state index contributed by atoms with van der Waals surface area (Å²) in [4.78, 5) is 4.92. The lowest BCUT2D eigenvalue weighted by Gasteiger charge is -2.31. The summed E-state index contributed by atoms with van der Waals surface area (Å²) < 4.78 is 0. The minimum absolute atomic E-state index is 1.13. The fourth-order valence-electron chi connectivity index (χ4n) is 9.23. The highest BCUT2D eigenvalue weighted by molar-refractivity contribution is 6.45. The smallest absolute Gasteiger partial charge is 0.0619 e. The number of para-hydroxylation sites is 2. The molecule has 11 rings (SSSR count). The van der Waals surface area contributed by atoms with Crippen LogP contribution in [0.25, 0.3) is 64.6 Å². The van der Waals surface area contributed by atoms with Crippen molar-refractivity contribution in [2.75, 3.05) is 9.80 Å². The first-order valence-corrected chi connectivity index (χ1v) is 19.4. The van der Waals surface area contributed by atoms with Gasteiger partial charge in [0.2, 0.25) is 0 Å². The Morgan fingerprint density at radius 2 is 0.518 bits per heavy atom. The van der Waals surface area contributed by atoms with E-state index < -0.39 is 0 Å². The Labute approximate surface area is 326 Å². The van der Waals surface area contributed by atoms with Crippen LogP contribution in [-0.2, 0) is 0 Å². The summed E-state index contributed by atoms with van der Waals surface area (Å²) in [6.45, 7) is 4.31. The molecule has 0 radical (unpaired) electrons. The maximum Gasteiger partial charge on any atom is 0.0619 e. The highest BCUT2D eigenvalue weighted by Gasteiger charge is 2.27. The van der Waals surface area contributed by atoms with Gasteiger partial charge in [-0.05, 0) is 94.7 Å². The first kappa shape index (κ1) is 32.3. The van der Waals surface area contributed by atoms with Crippen molar-refractivity contribution in [1.29, 1.82) is 0 Å². The second kappa shape index (κ2) is 12.7. The van der Waals surface area contributed by atoms with Gasteiger partial charge in [-0.3, -0.25) is 0 Å². The lowest BCUT2D eigenvalue weighted by molar-refractivity contribution is 1.30. The van der Waals surface area contributed by atoms with Gasteiger partial charge in [-0.1, -0.05) is 157 Å². The largest absolute Gasteiger partial charge is 0.309 e. The maximum atomic E-state index is 2.46. The van der Waals surface area contributed by atoms with Crippen LogP contribution < -0.4 is 9.80 Å². The van der Waals surface area contributed by atoms with Gasteiger partial charge in [-0.25, -0.2) is 0 Å². The molecule has 0 unspecified atom stereocenters. The first-order chi connectivity index (χ1) is 27.7. The molecule has 0 saturated carbocycles. The number of nitrogens with zero attached hydrogens (tertiary/aromatic N) is 2. The first-order valence-electron chi connectivity index (χ1n) is 19.4. The van der Waals surface area contributed by atoms with Gasteiger partial charge in [-0.15, -0.1) is 0 Å². The van der Waals surface area contributed by atoms with Crippen molar-refractivity contribution >= 4 is 98.8 Å². The summed E-state index contributed by atoms with van der Waals surface area (Å²) >= 11 is 0. The van der Waals surface area contributed by atoms with Gasteiger partial charge in [0, 0.05) is 55.1 Å². The molecule has 0 aliphatic heterocycles. The molecule has 2 heteroatoms. The van der Waals surface area contributed by atoms with E-state index in [1.807, 2.05) is 0 Å². The average molecular weight is 715 g/mol. The van der Waals surface area contributed by atoms with Crippen LogP contribution in [-0.4, -0.2) is 0 Å². The van der Waals surface area contributed by atoms with Crippen molar-refractivity contribution in [3.05, 3.63) is 205 Å². The monoisotopic (exact) mass is 714 g/mol. The molecule has 264 valence electrons. The lowest BCUT2D eigenvalue weighted by Crippen LogP contribution is -2.12. The Balaban J connectivity index is 1.34. The molecule has 0 aliphatic rings. The number of rotatable bonds is 6. The molecule has 11 aromatic rings. The van der Waals surface area contributed by atoms with Crippen molar-refractivity contribution in [1.82, 2.24) is 0 Å². The van der Waals surface area contributed by atoms with E-state index in [0.717, 1.165) is 22.7 Å². The summed E-state index contributed by atoms with van der Waals surface area (Å²) in [6, 6.07) is 71.5. The van der Waals surface area contributed by atoms with Crippen LogP contribution >= 0.6 is 0 Å². The standard InChI is InChI=1S/C54H38N2/c1-35-27-31-39(32-28-35)55(37-15-5-3-6-16-37)53-43-21-11-9-19-41(43)49-46-24-14-26-48-52(46)50(45-23-13-25-47(53)51(45)49)42-20-10-12-22-44(42)54(48)56(38-17-7-4-8-18-38)40-33-29-36(2)30-34-40/h3-34H,1-2H3. The molecule has 0 N–H and O–H groups in total. The van der Waals surface area contributed by atoms with E-state index in [4.69, 9.17) is 0 Å². The fourth-order valence-corrected chi connectivity index (χ4v) is 9.23. The van der Waals surface area contributed by atoms with E-state index in [9.17, 15) is 0 Å². The summed E-state index contributed by atoms with van der Waals surface area (Å²) in [6.07, 6.45) is 0. The van der Waals surface area contributed by atoms with Crippen molar-refractivity contribution in [3.8, 4) is 0 Å². The zero-order chi connectivity index (χ0) is 37.3. The van der Waals surface area contributed by atoms with Crippen LogP contribution in [0.5, 0.6) is 0 Å². The van der Waals surface area contributed by atoms with Gasteiger partial charge in [0.25, 0.3) is 0 Å². The van der Waals surface area contributed by atoms with Gasteiger partial charge in [0.05, 0.1) is 11.4 Å². The number of hydrogen-bond donors (Lipinski definition) is 0. The van der Waals surface area contributed by atoms with Crippen LogP contribution in [0.4, 0.5) is 34.1 Å². The summed E-state index contributed by atoms with van der Waals surface area (Å²) in [5, 5.41) is 15.2. The highest BCUT2D eigenvalue weighted by Crippen LogP contribution is 2.54. The Morgan fingerprint density at radius 1 is 0.232 bits per heavy atom. The molecule has 0 spiro atoms. The number of anilines is 6. The van der Waals surface area contributed by atoms with Crippen LogP contribution in [0, 0.1) is 13.8 Å². The van der Waals surface area contributed by atoms with Gasteiger partial charge >= 0.3 is 0 Å². The third kappa shape index (κ3) is 4.82. The average Bonchev–Trinajstić information content (AvgIpc) is 3.25. The van der Waals surface area contributed by atoms with Crippen molar-refractivity contribution < 1.29 is 0 Å². The molecule has 2 nitrogen and oxygen atoms in total. The van der Waals surface area contributed by atoms with Crippen molar-refractivity contribution in [3.63, 3.8) is 0 Å². The lowest BCUT2D eigenvalue weighted by atomic mass is 9.83. The van der Waals surface area contributed by atoms with Crippen LogP contribution in [0.3, 0.4) is 0 Å². The zero-order valence-electron chi connectivity index (χ0n) is 31.4. The molecule has 0 aromatic heterocycles. The predicted molar refractivity (Wildman–Crippen MR) is 242 cm³/mol. The number of hydrogen-bond acceptors (Lipinski definition) is 2. The molecule has 0 aliphatic carbocycles. The topological polar surface area (TPSA) is 6.48 Å². The van der Waals surface area contributed by atoms with Crippen molar-refractivity contribution in [2.24, 2.45) is 0 Å².